The Morgan fingerprint density at radius 1 is 1.35 bits per heavy atom. The molecule has 3 rings (SSSR count). The molecule has 23 heavy (non-hydrogen) atoms. The van der Waals surface area contributed by atoms with Gasteiger partial charge in [0.25, 0.3) is 5.91 Å². The van der Waals surface area contributed by atoms with Gasteiger partial charge in [0.15, 0.2) is 0 Å². The summed E-state index contributed by atoms with van der Waals surface area (Å²) < 4.78 is 1.89. The number of hydrogen-bond acceptors (Lipinski definition) is 3. The lowest BCUT2D eigenvalue weighted by Gasteiger charge is -2.33. The fourth-order valence-electron chi connectivity index (χ4n) is 3.31. The van der Waals surface area contributed by atoms with Gasteiger partial charge in [-0.15, -0.1) is 0 Å². The lowest BCUT2D eigenvalue weighted by atomic mass is 10.0. The SMILES string of the molecule is CCn1cc(C(=O)N2CCCC[C@H]2C)c(=O)c2ccc(C)nc21. The van der Waals surface area contributed by atoms with Crippen molar-refractivity contribution in [3.05, 3.63) is 39.8 Å². The Morgan fingerprint density at radius 3 is 2.83 bits per heavy atom. The standard InChI is InChI=1S/C18H23N3O2/c1-4-20-11-15(18(23)21-10-6-5-7-13(21)3)16(22)14-9-8-12(2)19-17(14)20/h8-9,11,13H,4-7,10H2,1-3H3/t13-/m1/s1. The Kier molecular flexibility index (Phi) is 4.20. The molecule has 0 bridgehead atoms. The van der Waals surface area contributed by atoms with E-state index in [1.165, 1.54) is 0 Å². The number of aromatic nitrogens is 2. The smallest absolute Gasteiger partial charge is 0.259 e. The van der Waals surface area contributed by atoms with E-state index in [0.29, 0.717) is 17.6 Å². The zero-order valence-corrected chi connectivity index (χ0v) is 14.0. The van der Waals surface area contributed by atoms with Crippen molar-refractivity contribution in [3.8, 4) is 0 Å². The number of carbonyl (C=O) groups excluding carboxylic acids is 1. The fourth-order valence-corrected chi connectivity index (χ4v) is 3.31. The van der Waals surface area contributed by atoms with Crippen molar-refractivity contribution in [2.75, 3.05) is 6.54 Å². The highest BCUT2D eigenvalue weighted by Crippen LogP contribution is 2.19. The van der Waals surface area contributed by atoms with Crippen LogP contribution in [0.25, 0.3) is 11.0 Å². The van der Waals surface area contributed by atoms with E-state index in [1.54, 1.807) is 12.3 Å². The Hall–Kier alpha value is -2.17. The predicted molar refractivity (Wildman–Crippen MR) is 90.8 cm³/mol. The van der Waals surface area contributed by atoms with Gasteiger partial charge in [-0.1, -0.05) is 0 Å². The third kappa shape index (κ3) is 2.76. The van der Waals surface area contributed by atoms with Crippen molar-refractivity contribution >= 4 is 16.9 Å². The molecular formula is C18H23N3O2. The fraction of sp³-hybridized carbons (Fsp3) is 0.500. The van der Waals surface area contributed by atoms with Crippen LogP contribution in [-0.4, -0.2) is 32.9 Å². The van der Waals surface area contributed by atoms with E-state index < -0.39 is 0 Å². The summed E-state index contributed by atoms with van der Waals surface area (Å²) in [5, 5.41) is 0.521. The summed E-state index contributed by atoms with van der Waals surface area (Å²) in [5.41, 5.74) is 1.57. The monoisotopic (exact) mass is 313 g/mol. The summed E-state index contributed by atoms with van der Waals surface area (Å²) in [4.78, 5) is 32.0. The molecule has 1 atom stereocenters. The van der Waals surface area contributed by atoms with Crippen molar-refractivity contribution < 1.29 is 4.79 Å². The van der Waals surface area contributed by atoms with E-state index >= 15 is 0 Å². The zero-order valence-electron chi connectivity index (χ0n) is 14.0. The summed E-state index contributed by atoms with van der Waals surface area (Å²) in [5.74, 6) is -0.146. The zero-order chi connectivity index (χ0) is 16.6. The van der Waals surface area contributed by atoms with Crippen molar-refractivity contribution in [2.45, 2.75) is 52.6 Å². The van der Waals surface area contributed by atoms with E-state index in [1.807, 2.05) is 29.4 Å². The first-order valence-corrected chi connectivity index (χ1v) is 8.34. The van der Waals surface area contributed by atoms with Crippen molar-refractivity contribution in [1.29, 1.82) is 0 Å². The Labute approximate surface area is 135 Å². The number of aryl methyl sites for hydroxylation is 2. The van der Waals surface area contributed by atoms with Gasteiger partial charge in [0.1, 0.15) is 11.2 Å². The van der Waals surface area contributed by atoms with Gasteiger partial charge in [0.05, 0.1) is 5.39 Å². The molecule has 3 heterocycles. The van der Waals surface area contributed by atoms with E-state index in [9.17, 15) is 9.59 Å². The Morgan fingerprint density at radius 2 is 2.13 bits per heavy atom. The van der Waals surface area contributed by atoms with Gasteiger partial charge in [-0.25, -0.2) is 4.98 Å². The molecular weight excluding hydrogens is 290 g/mol. The van der Waals surface area contributed by atoms with E-state index in [-0.39, 0.29) is 22.9 Å². The average molecular weight is 313 g/mol. The molecule has 1 saturated heterocycles. The highest BCUT2D eigenvalue weighted by molar-refractivity contribution is 5.97. The highest BCUT2D eigenvalue weighted by Gasteiger charge is 2.27. The number of piperidine rings is 1. The van der Waals surface area contributed by atoms with Crippen LogP contribution in [0.2, 0.25) is 0 Å². The molecule has 0 unspecified atom stereocenters. The summed E-state index contributed by atoms with van der Waals surface area (Å²) >= 11 is 0. The van der Waals surface area contributed by atoms with Gasteiger partial charge in [0.2, 0.25) is 5.43 Å². The number of pyridine rings is 2. The second-order valence-corrected chi connectivity index (χ2v) is 6.33. The van der Waals surface area contributed by atoms with Gasteiger partial charge in [-0.3, -0.25) is 9.59 Å². The van der Waals surface area contributed by atoms with Gasteiger partial charge in [0, 0.05) is 31.0 Å². The molecule has 2 aromatic heterocycles. The van der Waals surface area contributed by atoms with Crippen LogP contribution in [-0.2, 0) is 6.54 Å². The molecule has 5 heteroatoms. The van der Waals surface area contributed by atoms with Crippen molar-refractivity contribution in [3.63, 3.8) is 0 Å². The number of fused-ring (bicyclic) bond motifs is 1. The molecule has 0 saturated carbocycles. The summed E-state index contributed by atoms with van der Waals surface area (Å²) in [6.07, 6.45) is 4.83. The molecule has 0 N–H and O–H groups in total. The molecule has 0 spiro atoms. The summed E-state index contributed by atoms with van der Waals surface area (Å²) in [6.45, 7) is 7.35. The van der Waals surface area contributed by atoms with Gasteiger partial charge >= 0.3 is 0 Å². The van der Waals surface area contributed by atoms with Crippen molar-refractivity contribution in [1.82, 2.24) is 14.5 Å². The number of rotatable bonds is 2. The minimum Gasteiger partial charge on any atom is -0.336 e. The number of hydrogen-bond donors (Lipinski definition) is 0. The minimum atomic E-state index is -0.208. The van der Waals surface area contributed by atoms with Crippen LogP contribution in [0.1, 0.15) is 49.2 Å². The predicted octanol–water partition coefficient (Wildman–Crippen LogP) is 2.74. The molecule has 2 aromatic rings. The first kappa shape index (κ1) is 15.7. The average Bonchev–Trinajstić information content (AvgIpc) is 2.55. The normalized spacial score (nSPS) is 18.4. The van der Waals surface area contributed by atoms with Crippen LogP contribution in [0.3, 0.4) is 0 Å². The van der Waals surface area contributed by atoms with Crippen LogP contribution in [0.4, 0.5) is 0 Å². The number of amides is 1. The number of nitrogens with zero attached hydrogens (tertiary/aromatic N) is 3. The molecule has 0 aromatic carbocycles. The highest BCUT2D eigenvalue weighted by atomic mass is 16.2. The molecule has 0 radical (unpaired) electrons. The van der Waals surface area contributed by atoms with Crippen LogP contribution in [0.5, 0.6) is 0 Å². The minimum absolute atomic E-state index is 0.146. The van der Waals surface area contributed by atoms with E-state index in [2.05, 4.69) is 11.9 Å². The molecule has 1 aliphatic rings. The third-order valence-corrected chi connectivity index (χ3v) is 4.70. The largest absolute Gasteiger partial charge is 0.336 e. The second-order valence-electron chi connectivity index (χ2n) is 6.33. The van der Waals surface area contributed by atoms with Crippen LogP contribution in [0, 0.1) is 6.92 Å². The van der Waals surface area contributed by atoms with E-state index in [4.69, 9.17) is 0 Å². The van der Waals surface area contributed by atoms with Gasteiger partial charge < -0.3 is 9.47 Å². The molecule has 0 aliphatic carbocycles. The topological polar surface area (TPSA) is 55.2 Å². The molecule has 1 amide bonds. The summed E-state index contributed by atoms with van der Waals surface area (Å²) in [6, 6.07) is 3.79. The molecule has 5 nitrogen and oxygen atoms in total. The summed E-state index contributed by atoms with van der Waals surface area (Å²) in [7, 11) is 0. The third-order valence-electron chi connectivity index (χ3n) is 4.70. The van der Waals surface area contributed by atoms with Crippen LogP contribution >= 0.6 is 0 Å². The first-order chi connectivity index (χ1) is 11.0. The van der Waals surface area contributed by atoms with Crippen molar-refractivity contribution in [2.24, 2.45) is 0 Å². The second kappa shape index (κ2) is 6.14. The maximum Gasteiger partial charge on any atom is 0.259 e. The van der Waals surface area contributed by atoms with E-state index in [0.717, 1.165) is 31.5 Å². The van der Waals surface area contributed by atoms with Gasteiger partial charge in [-0.05, 0) is 52.2 Å². The first-order valence-electron chi connectivity index (χ1n) is 8.34. The lowest BCUT2D eigenvalue weighted by Crippen LogP contribution is -2.43. The maximum absolute atomic E-state index is 12.9. The molecule has 1 aliphatic heterocycles. The number of likely N-dealkylation sites (tertiary alicyclic amines) is 1. The molecule has 122 valence electrons. The molecule has 1 fully saturated rings. The Balaban J connectivity index is 2.14. The number of carbonyl (C=O) groups is 1. The Bertz CT molecular complexity index is 810. The quantitative estimate of drug-likeness (QED) is 0.856. The lowest BCUT2D eigenvalue weighted by molar-refractivity contribution is 0.0633. The van der Waals surface area contributed by atoms with Crippen LogP contribution < -0.4 is 5.43 Å². The maximum atomic E-state index is 12.9. The van der Waals surface area contributed by atoms with Gasteiger partial charge in [-0.2, -0.15) is 0 Å². The van der Waals surface area contributed by atoms with Crippen LogP contribution in [0.15, 0.2) is 23.1 Å².